The summed E-state index contributed by atoms with van der Waals surface area (Å²) in [5.74, 6) is 0.482. The van der Waals surface area contributed by atoms with Crippen molar-refractivity contribution in [1.29, 1.82) is 0 Å². The normalized spacial score (nSPS) is 15.6. The Labute approximate surface area is 198 Å². The number of carbonyl (C=O) groups is 1. The average Bonchev–Trinajstić information content (AvgIpc) is 3.44. The third-order valence-electron chi connectivity index (χ3n) is 5.11. The Kier molecular flexibility index (Phi) is 6.62. The minimum Gasteiger partial charge on any atom is -0.493 e. The maximum atomic E-state index is 13.5. The number of ether oxygens (including phenoxy) is 3. The van der Waals surface area contributed by atoms with Crippen LogP contribution < -0.4 is 24.4 Å². The molecule has 7 nitrogen and oxygen atoms in total. The van der Waals surface area contributed by atoms with Gasteiger partial charge in [0.05, 0.1) is 36.1 Å². The Bertz CT molecular complexity index is 1410. The monoisotopic (exact) mass is 482 g/mol. The van der Waals surface area contributed by atoms with Crippen molar-refractivity contribution in [2.45, 2.75) is 13.0 Å². The Morgan fingerprint density at radius 1 is 1.24 bits per heavy atom. The van der Waals surface area contributed by atoms with Gasteiger partial charge in [-0.1, -0.05) is 36.1 Å². The highest BCUT2D eigenvalue weighted by Crippen LogP contribution is 2.36. The van der Waals surface area contributed by atoms with Gasteiger partial charge in [0.15, 0.2) is 16.3 Å². The minimum atomic E-state index is -0.733. The second kappa shape index (κ2) is 9.60. The molecular weight excluding hydrogens is 460 g/mol. The predicted octanol–water partition coefficient (Wildman–Crippen LogP) is 3.04. The van der Waals surface area contributed by atoms with Crippen LogP contribution in [0.2, 0.25) is 0 Å². The number of allylic oxidation sites excluding steroid dienone is 1. The van der Waals surface area contributed by atoms with Gasteiger partial charge in [-0.2, -0.15) is 0 Å². The van der Waals surface area contributed by atoms with Crippen LogP contribution in [-0.4, -0.2) is 31.4 Å². The van der Waals surface area contributed by atoms with Gasteiger partial charge in [0.2, 0.25) is 0 Å². The Balaban J connectivity index is 1.96. The molecule has 0 unspecified atom stereocenters. The molecule has 0 amide bonds. The first-order valence-corrected chi connectivity index (χ1v) is 11.7. The predicted molar refractivity (Wildman–Crippen MR) is 129 cm³/mol. The number of benzene rings is 1. The number of aromatic nitrogens is 1. The highest BCUT2D eigenvalue weighted by atomic mass is 32.1. The molecule has 4 rings (SSSR count). The van der Waals surface area contributed by atoms with Crippen molar-refractivity contribution < 1.29 is 19.0 Å². The second-order valence-corrected chi connectivity index (χ2v) is 9.09. The lowest BCUT2D eigenvalue weighted by Gasteiger charge is -2.25. The van der Waals surface area contributed by atoms with Crippen LogP contribution in [0.5, 0.6) is 11.5 Å². The summed E-state index contributed by atoms with van der Waals surface area (Å²) in [7, 11) is 3.09. The fourth-order valence-corrected chi connectivity index (χ4v) is 5.41. The Morgan fingerprint density at radius 3 is 2.70 bits per heavy atom. The molecule has 1 atom stereocenters. The van der Waals surface area contributed by atoms with E-state index in [4.69, 9.17) is 14.2 Å². The van der Waals surface area contributed by atoms with Crippen molar-refractivity contribution in [1.82, 2.24) is 4.57 Å². The standard InChI is InChI=1S/C24H22N2O5S2/c1-5-10-31-23(28)20-14(2)25-24-26(22(27)19(33-24)13-16-7-6-11-32-16)21(20)15-8-9-17(29-3)18(12-15)30-4/h5-9,11-13,21H,1,10H2,2-4H3/b19-13-/t21-/m1/s1. The zero-order chi connectivity index (χ0) is 23.5. The molecular formula is C24H22N2O5S2. The molecule has 1 aromatic carbocycles. The summed E-state index contributed by atoms with van der Waals surface area (Å²) < 4.78 is 18.3. The molecule has 0 N–H and O–H groups in total. The molecule has 33 heavy (non-hydrogen) atoms. The van der Waals surface area contributed by atoms with Crippen LogP contribution in [0.1, 0.15) is 23.4 Å². The number of hydrogen-bond donors (Lipinski definition) is 0. The van der Waals surface area contributed by atoms with Crippen LogP contribution in [0, 0.1) is 0 Å². The third-order valence-corrected chi connectivity index (χ3v) is 6.92. The number of nitrogens with zero attached hydrogens (tertiary/aromatic N) is 2. The molecule has 3 aromatic rings. The summed E-state index contributed by atoms with van der Waals surface area (Å²) in [6.07, 6.45) is 3.34. The molecule has 170 valence electrons. The highest BCUT2D eigenvalue weighted by Gasteiger charge is 2.34. The summed E-state index contributed by atoms with van der Waals surface area (Å²) in [6, 6.07) is 8.46. The molecule has 3 heterocycles. The van der Waals surface area contributed by atoms with Crippen molar-refractivity contribution in [3.63, 3.8) is 0 Å². The van der Waals surface area contributed by atoms with E-state index in [1.807, 2.05) is 29.7 Å². The molecule has 0 spiro atoms. The van der Waals surface area contributed by atoms with Gasteiger partial charge < -0.3 is 14.2 Å². The van der Waals surface area contributed by atoms with Crippen LogP contribution in [0.3, 0.4) is 0 Å². The lowest BCUT2D eigenvalue weighted by Crippen LogP contribution is -2.39. The number of fused-ring (bicyclic) bond motifs is 1. The first kappa shape index (κ1) is 22.8. The van der Waals surface area contributed by atoms with E-state index in [1.165, 1.54) is 24.5 Å². The summed E-state index contributed by atoms with van der Waals surface area (Å²) in [5, 5.41) is 1.95. The van der Waals surface area contributed by atoms with Gasteiger partial charge in [-0.05, 0) is 42.1 Å². The molecule has 0 radical (unpaired) electrons. The molecule has 1 aliphatic rings. The SMILES string of the molecule is C=CCOC(=O)C1=C(C)N=c2s/c(=C\c3cccs3)c(=O)n2[C@@H]1c1ccc(OC)c(OC)c1. The summed E-state index contributed by atoms with van der Waals surface area (Å²) >= 11 is 2.83. The van der Waals surface area contributed by atoms with Crippen molar-refractivity contribution in [2.24, 2.45) is 4.99 Å². The number of methoxy groups -OCH3 is 2. The van der Waals surface area contributed by atoms with E-state index in [2.05, 4.69) is 11.6 Å². The largest absolute Gasteiger partial charge is 0.493 e. The molecule has 1 aliphatic heterocycles. The van der Waals surface area contributed by atoms with Crippen molar-refractivity contribution >= 4 is 34.7 Å². The number of esters is 1. The summed E-state index contributed by atoms with van der Waals surface area (Å²) in [4.78, 5) is 32.6. The first-order valence-electron chi connectivity index (χ1n) is 10.0. The fourth-order valence-electron chi connectivity index (χ4n) is 3.64. The average molecular weight is 483 g/mol. The van der Waals surface area contributed by atoms with E-state index in [-0.39, 0.29) is 12.2 Å². The zero-order valence-electron chi connectivity index (χ0n) is 18.4. The van der Waals surface area contributed by atoms with Gasteiger partial charge in [0.1, 0.15) is 6.61 Å². The van der Waals surface area contributed by atoms with Crippen LogP contribution in [-0.2, 0) is 9.53 Å². The molecule has 9 heteroatoms. The van der Waals surface area contributed by atoms with Gasteiger partial charge >= 0.3 is 5.97 Å². The third kappa shape index (κ3) is 4.29. The van der Waals surface area contributed by atoms with E-state index in [0.717, 1.165) is 4.88 Å². The van der Waals surface area contributed by atoms with Crippen molar-refractivity contribution in [3.8, 4) is 11.5 Å². The van der Waals surface area contributed by atoms with Crippen LogP contribution >= 0.6 is 22.7 Å². The number of thiophene rings is 1. The minimum absolute atomic E-state index is 0.0526. The second-order valence-electron chi connectivity index (χ2n) is 7.10. The fraction of sp³-hybridized carbons (Fsp3) is 0.208. The van der Waals surface area contributed by atoms with Gasteiger partial charge in [-0.15, -0.1) is 11.3 Å². The van der Waals surface area contributed by atoms with E-state index < -0.39 is 12.0 Å². The van der Waals surface area contributed by atoms with Gasteiger partial charge in [0, 0.05) is 4.88 Å². The Morgan fingerprint density at radius 2 is 2.03 bits per heavy atom. The molecule has 0 saturated carbocycles. The maximum Gasteiger partial charge on any atom is 0.338 e. The lowest BCUT2D eigenvalue weighted by molar-refractivity contribution is -0.138. The number of carbonyl (C=O) groups excluding carboxylic acids is 1. The summed E-state index contributed by atoms with van der Waals surface area (Å²) in [6.45, 7) is 5.40. The van der Waals surface area contributed by atoms with E-state index in [9.17, 15) is 9.59 Å². The van der Waals surface area contributed by atoms with Gasteiger partial charge in [-0.3, -0.25) is 9.36 Å². The first-order chi connectivity index (χ1) is 16.0. The molecule has 0 fully saturated rings. The molecule has 2 aromatic heterocycles. The number of hydrogen-bond acceptors (Lipinski definition) is 8. The Hall–Kier alpha value is -3.43. The van der Waals surface area contributed by atoms with E-state index in [0.29, 0.717) is 37.7 Å². The van der Waals surface area contributed by atoms with E-state index >= 15 is 0 Å². The van der Waals surface area contributed by atoms with Gasteiger partial charge in [-0.25, -0.2) is 9.79 Å². The lowest BCUT2D eigenvalue weighted by atomic mass is 9.95. The maximum absolute atomic E-state index is 13.5. The van der Waals surface area contributed by atoms with Crippen LogP contribution in [0.15, 0.2) is 69.4 Å². The highest BCUT2D eigenvalue weighted by molar-refractivity contribution is 7.11. The van der Waals surface area contributed by atoms with Crippen LogP contribution in [0.25, 0.3) is 6.08 Å². The summed E-state index contributed by atoms with van der Waals surface area (Å²) in [5.41, 5.74) is 1.23. The molecule has 0 saturated heterocycles. The quantitative estimate of drug-likeness (QED) is 0.382. The van der Waals surface area contributed by atoms with Crippen molar-refractivity contribution in [2.75, 3.05) is 20.8 Å². The van der Waals surface area contributed by atoms with Crippen LogP contribution in [0.4, 0.5) is 0 Å². The zero-order valence-corrected chi connectivity index (χ0v) is 20.0. The number of rotatable bonds is 7. The topological polar surface area (TPSA) is 79.1 Å². The number of thiazole rings is 1. The molecule has 0 aliphatic carbocycles. The molecule has 0 bridgehead atoms. The van der Waals surface area contributed by atoms with Crippen molar-refractivity contribution in [3.05, 3.63) is 89.8 Å². The smallest absolute Gasteiger partial charge is 0.338 e. The van der Waals surface area contributed by atoms with E-state index in [1.54, 1.807) is 42.1 Å². The van der Waals surface area contributed by atoms with Gasteiger partial charge in [0.25, 0.3) is 5.56 Å².